The average Bonchev–Trinajstić information content (AvgIpc) is 2.93. The standard InChI is InChI=1S/C7H5O2.C6H7N3S2.Cu/c8-5-6-3-1-2-4-7(6)9;7-6(10)9-8-4-5-2-1-3-11-5;/h1-4,9H;1-4H,(H3,7,9,10);/q-1;;+2/p-1/b;8-4+;. The van der Waals surface area contributed by atoms with E-state index in [-0.39, 0.29) is 33.5 Å². The summed E-state index contributed by atoms with van der Waals surface area (Å²) < 4.78 is 0. The number of hydrogen-bond donors (Lipinski definition) is 2. The number of carbonyl (C=O) groups excluding carboxylic acids is 1. The van der Waals surface area contributed by atoms with Gasteiger partial charge in [0, 0.05) is 10.6 Å². The molecule has 1 aromatic heterocycles. The number of benzene rings is 1. The minimum absolute atomic E-state index is 0. The van der Waals surface area contributed by atoms with Crippen LogP contribution in [0.5, 0.6) is 5.75 Å². The van der Waals surface area contributed by atoms with Gasteiger partial charge in [-0.05, 0) is 16.6 Å². The molecule has 3 N–H and O–H groups in total. The molecule has 0 aliphatic carbocycles. The van der Waals surface area contributed by atoms with E-state index in [0.717, 1.165) is 4.88 Å². The largest absolute Gasteiger partial charge is 2.00 e. The van der Waals surface area contributed by atoms with E-state index in [9.17, 15) is 4.79 Å². The van der Waals surface area contributed by atoms with E-state index in [1.807, 2.05) is 17.5 Å². The Kier molecular flexibility index (Phi) is 10.1. The van der Waals surface area contributed by atoms with Gasteiger partial charge in [-0.25, -0.2) is 0 Å². The molecule has 113 valence electrons. The molecule has 0 saturated heterocycles. The van der Waals surface area contributed by atoms with Crippen LogP contribution in [-0.4, -0.2) is 22.8 Å². The Labute approximate surface area is 142 Å². The molecule has 0 atom stereocenters. The van der Waals surface area contributed by atoms with Crippen molar-refractivity contribution in [2.24, 2.45) is 15.9 Å². The summed E-state index contributed by atoms with van der Waals surface area (Å²) >= 11 is 6.07. The van der Waals surface area contributed by atoms with Crippen LogP contribution in [0.4, 0.5) is 0 Å². The van der Waals surface area contributed by atoms with Gasteiger partial charge in [0.25, 0.3) is 0 Å². The first kappa shape index (κ1) is 19.3. The first-order valence-electron chi connectivity index (χ1n) is 5.36. The van der Waals surface area contributed by atoms with E-state index >= 15 is 0 Å². The van der Waals surface area contributed by atoms with Crippen molar-refractivity contribution in [3.8, 4) is 5.75 Å². The summed E-state index contributed by atoms with van der Waals surface area (Å²) in [4.78, 5) is 11.0. The van der Waals surface area contributed by atoms with Crippen LogP contribution in [-0.2, 0) is 34.5 Å². The van der Waals surface area contributed by atoms with E-state index in [2.05, 4.69) is 22.8 Å². The maximum absolute atomic E-state index is 9.94. The minimum Gasteiger partial charge on any atom is -0.741 e. The summed E-state index contributed by atoms with van der Waals surface area (Å²) in [5, 5.41) is 18.0. The Morgan fingerprint density at radius 3 is 2.52 bits per heavy atom. The number of nitrogens with two attached hydrogens (primary N) is 1. The van der Waals surface area contributed by atoms with Crippen LogP contribution in [0.3, 0.4) is 0 Å². The molecule has 2 rings (SSSR count). The molecule has 0 fully saturated rings. The smallest absolute Gasteiger partial charge is 0.741 e. The molecule has 1 aromatic carbocycles. The Balaban J connectivity index is 0.000000370. The van der Waals surface area contributed by atoms with Gasteiger partial charge in [-0.2, -0.15) is 16.3 Å². The van der Waals surface area contributed by atoms with Gasteiger partial charge in [-0.15, -0.1) is 23.0 Å². The quantitative estimate of drug-likeness (QED) is 0.216. The van der Waals surface area contributed by atoms with Crippen LogP contribution in [0.15, 0.2) is 52.0 Å². The number of phenols is 1. The molecule has 8 heteroatoms. The molecular weight excluding hydrogens is 358 g/mol. The summed E-state index contributed by atoms with van der Waals surface area (Å²) in [6, 6.07) is 10.1. The topological polar surface area (TPSA) is 88.0 Å². The fraction of sp³-hybridized carbons (Fsp3) is 0. The molecular formula is C13H11CuN3O2S2. The van der Waals surface area contributed by atoms with Crippen LogP contribution in [0, 0.1) is 0 Å². The molecule has 0 aliphatic heterocycles. The average molecular weight is 369 g/mol. The summed E-state index contributed by atoms with van der Waals surface area (Å²) in [5.74, 6) is -0.0208. The summed E-state index contributed by atoms with van der Waals surface area (Å²) in [7, 11) is 0. The summed E-state index contributed by atoms with van der Waals surface area (Å²) in [6.45, 7) is 0. The van der Waals surface area contributed by atoms with Crippen molar-refractivity contribution in [3.63, 3.8) is 0 Å². The molecule has 5 nitrogen and oxygen atoms in total. The van der Waals surface area contributed by atoms with Crippen LogP contribution in [0.1, 0.15) is 10.4 Å². The molecule has 0 unspecified atom stereocenters. The first-order valence-corrected chi connectivity index (χ1v) is 6.65. The predicted octanol–water partition coefficient (Wildman–Crippen LogP) is 1.79. The molecule has 0 saturated carbocycles. The van der Waals surface area contributed by atoms with E-state index in [1.165, 1.54) is 12.1 Å². The second-order valence-corrected chi connectivity index (χ2v) is 4.71. The summed E-state index contributed by atoms with van der Waals surface area (Å²) in [6.07, 6.45) is 3.21. The molecule has 1 radical (unpaired) electrons. The van der Waals surface area contributed by atoms with E-state index in [0.29, 0.717) is 0 Å². The van der Waals surface area contributed by atoms with Crippen molar-refractivity contribution in [1.82, 2.24) is 0 Å². The molecule has 0 amide bonds. The Morgan fingerprint density at radius 2 is 2.05 bits per heavy atom. The van der Waals surface area contributed by atoms with Gasteiger partial charge < -0.3 is 28.3 Å². The number of nitrogens with zero attached hydrogens (tertiary/aromatic N) is 2. The Morgan fingerprint density at radius 1 is 1.33 bits per heavy atom. The molecule has 0 aliphatic rings. The van der Waals surface area contributed by atoms with Crippen molar-refractivity contribution >= 4 is 41.6 Å². The van der Waals surface area contributed by atoms with Crippen LogP contribution in [0.2, 0.25) is 0 Å². The Bertz CT molecular complexity index is 597. The van der Waals surface area contributed by atoms with Crippen LogP contribution >= 0.6 is 11.3 Å². The third-order valence-electron chi connectivity index (χ3n) is 1.90. The predicted molar refractivity (Wildman–Crippen MR) is 83.8 cm³/mol. The Hall–Kier alpha value is -1.73. The van der Waals surface area contributed by atoms with Gasteiger partial charge in [0.2, 0.25) is 0 Å². The van der Waals surface area contributed by atoms with Crippen LogP contribution in [0.25, 0.3) is 0 Å². The number of rotatable bonds is 3. The third kappa shape index (κ3) is 8.21. The van der Waals surface area contributed by atoms with Gasteiger partial charge >= 0.3 is 17.1 Å². The fourth-order valence-electron chi connectivity index (χ4n) is 1.07. The number of thiophene rings is 1. The van der Waals surface area contributed by atoms with E-state index in [4.69, 9.17) is 10.8 Å². The van der Waals surface area contributed by atoms with Crippen molar-refractivity contribution in [1.29, 1.82) is 0 Å². The van der Waals surface area contributed by atoms with Gasteiger partial charge in [0.1, 0.15) is 0 Å². The van der Waals surface area contributed by atoms with Gasteiger partial charge in [0.15, 0.2) is 0 Å². The van der Waals surface area contributed by atoms with E-state index in [1.54, 1.807) is 36.0 Å². The molecule has 2 aromatic rings. The molecule has 21 heavy (non-hydrogen) atoms. The second kappa shape index (κ2) is 11.0. The van der Waals surface area contributed by atoms with Crippen molar-refractivity contribution in [2.75, 3.05) is 0 Å². The number of aromatic hydroxyl groups is 1. The van der Waals surface area contributed by atoms with Crippen molar-refractivity contribution < 1.29 is 27.0 Å². The SMILES string of the molecule is N/C([S-])=N\N=C\c1cccs1.O=[C-]c1ccccc1O.[Cu+2]. The van der Waals surface area contributed by atoms with Crippen molar-refractivity contribution in [2.45, 2.75) is 0 Å². The number of amidine groups is 1. The first-order chi connectivity index (χ1) is 9.63. The second-order valence-electron chi connectivity index (χ2n) is 3.32. The zero-order valence-electron chi connectivity index (χ0n) is 10.6. The maximum Gasteiger partial charge on any atom is 2.00 e. The maximum atomic E-state index is 9.94. The van der Waals surface area contributed by atoms with Crippen molar-refractivity contribution in [3.05, 3.63) is 52.2 Å². The summed E-state index contributed by atoms with van der Waals surface area (Å²) in [5.41, 5.74) is 5.29. The van der Waals surface area contributed by atoms with Gasteiger partial charge in [0.05, 0.1) is 12.5 Å². The zero-order chi connectivity index (χ0) is 14.8. The van der Waals surface area contributed by atoms with Gasteiger partial charge in [-0.3, -0.25) is 0 Å². The minimum atomic E-state index is -0.0208. The normalized spacial score (nSPS) is 10.4. The number of phenolic OH excluding ortho intramolecular Hbond substituents is 1. The molecule has 0 spiro atoms. The van der Waals surface area contributed by atoms with Gasteiger partial charge in [-0.1, -0.05) is 18.2 Å². The monoisotopic (exact) mass is 368 g/mol. The number of hydrogen-bond acceptors (Lipinski definition) is 6. The number of para-hydroxylation sites is 1. The zero-order valence-corrected chi connectivity index (χ0v) is 13.1. The molecule has 0 bridgehead atoms. The fourth-order valence-corrected chi connectivity index (χ4v) is 1.69. The van der Waals surface area contributed by atoms with E-state index < -0.39 is 0 Å². The third-order valence-corrected chi connectivity index (χ3v) is 2.79. The molecule has 1 heterocycles. The van der Waals surface area contributed by atoms with Crippen LogP contribution < -0.4 is 5.73 Å².